The van der Waals surface area contributed by atoms with E-state index in [1.807, 2.05) is 0 Å². The minimum Gasteiger partial charge on any atom is -0.391 e. The highest BCUT2D eigenvalue weighted by Crippen LogP contribution is 2.41. The van der Waals surface area contributed by atoms with Crippen molar-refractivity contribution in [1.29, 1.82) is 0 Å². The van der Waals surface area contributed by atoms with Gasteiger partial charge in [-0.25, -0.2) is 4.79 Å². The number of methoxy groups -OCH3 is 1. The van der Waals surface area contributed by atoms with Crippen LogP contribution in [-0.2, 0) is 18.6 Å². The first kappa shape index (κ1) is 16.9. The molecule has 0 amide bonds. The summed E-state index contributed by atoms with van der Waals surface area (Å²) in [4.78, 5) is 34.3. The third-order valence-electron chi connectivity index (χ3n) is 3.48. The summed E-state index contributed by atoms with van der Waals surface area (Å²) >= 11 is 0. The van der Waals surface area contributed by atoms with Gasteiger partial charge in [0.05, 0.1) is 0 Å². The monoisotopic (exact) mass is 335 g/mol. The number of aromatic amines is 1. The Morgan fingerprint density at radius 3 is 2.82 bits per heavy atom. The Labute approximate surface area is 125 Å². The SMILES string of the molecule is CO[C@]1(CO)O[C@@H](n2cc(C)c(=O)[nH]c2=O)CC1O[P+](=O)O. The molecule has 1 fully saturated rings. The van der Waals surface area contributed by atoms with Crippen molar-refractivity contribution in [3.63, 3.8) is 0 Å². The molecule has 0 aromatic carbocycles. The number of nitrogens with one attached hydrogen (secondary N) is 1. The summed E-state index contributed by atoms with van der Waals surface area (Å²) in [7, 11) is -1.72. The van der Waals surface area contributed by atoms with Crippen LogP contribution in [-0.4, -0.2) is 45.2 Å². The van der Waals surface area contributed by atoms with E-state index in [0.29, 0.717) is 0 Å². The molecule has 0 spiro atoms. The number of rotatable bonds is 5. The van der Waals surface area contributed by atoms with Crippen molar-refractivity contribution in [2.75, 3.05) is 13.7 Å². The fourth-order valence-electron chi connectivity index (χ4n) is 2.30. The fourth-order valence-corrected chi connectivity index (χ4v) is 2.77. The van der Waals surface area contributed by atoms with Gasteiger partial charge in [0.25, 0.3) is 5.56 Å². The van der Waals surface area contributed by atoms with Gasteiger partial charge in [-0.15, -0.1) is 9.42 Å². The summed E-state index contributed by atoms with van der Waals surface area (Å²) in [5, 5.41) is 9.48. The van der Waals surface area contributed by atoms with Crippen LogP contribution in [0.25, 0.3) is 0 Å². The number of ether oxygens (including phenoxy) is 2. The standard InChI is InChI=1S/C11H15N2O8P/c1-6-4-13(10(16)12-9(6)15)8-3-7(21-22(17)18)11(5-14,19-2)20-8/h4,7-8,14H,3,5H2,1-2H3,(H-,12,15,16,17,18)/p+1/t7?,8-,11-/m1/s1. The molecule has 2 heterocycles. The molecular formula is C11H16N2O8P+. The Hall–Kier alpha value is -1.42. The van der Waals surface area contributed by atoms with Crippen molar-refractivity contribution in [2.24, 2.45) is 0 Å². The Morgan fingerprint density at radius 2 is 2.27 bits per heavy atom. The van der Waals surface area contributed by atoms with Gasteiger partial charge in [0.2, 0.25) is 5.79 Å². The first-order chi connectivity index (χ1) is 10.3. The zero-order valence-electron chi connectivity index (χ0n) is 11.9. The Kier molecular flexibility index (Phi) is 4.90. The average molecular weight is 335 g/mol. The molecule has 0 bridgehead atoms. The van der Waals surface area contributed by atoms with Crippen LogP contribution in [0.15, 0.2) is 15.8 Å². The first-order valence-corrected chi connectivity index (χ1v) is 7.45. The molecule has 1 saturated heterocycles. The van der Waals surface area contributed by atoms with E-state index in [1.54, 1.807) is 0 Å². The van der Waals surface area contributed by atoms with E-state index in [2.05, 4.69) is 4.98 Å². The van der Waals surface area contributed by atoms with E-state index in [9.17, 15) is 19.3 Å². The number of H-pyrrole nitrogens is 1. The second kappa shape index (κ2) is 6.37. The summed E-state index contributed by atoms with van der Waals surface area (Å²) in [5.41, 5.74) is -0.948. The van der Waals surface area contributed by atoms with Gasteiger partial charge in [-0.05, 0) is 6.92 Å². The highest BCUT2D eigenvalue weighted by Gasteiger charge is 2.54. The molecule has 4 atom stereocenters. The summed E-state index contributed by atoms with van der Waals surface area (Å²) in [6.45, 7) is 0.864. The second-order valence-electron chi connectivity index (χ2n) is 4.79. The smallest absolute Gasteiger partial charge is 0.391 e. The lowest BCUT2D eigenvalue weighted by atomic mass is 10.1. The van der Waals surface area contributed by atoms with E-state index in [4.69, 9.17) is 18.9 Å². The van der Waals surface area contributed by atoms with Crippen LogP contribution in [0, 0.1) is 6.92 Å². The predicted octanol–water partition coefficient (Wildman–Crippen LogP) is -0.866. The number of hydrogen-bond acceptors (Lipinski definition) is 7. The molecule has 1 aromatic heterocycles. The maximum absolute atomic E-state index is 11.9. The summed E-state index contributed by atoms with van der Waals surface area (Å²) in [6.07, 6.45) is -0.734. The fraction of sp³-hybridized carbons (Fsp3) is 0.636. The van der Waals surface area contributed by atoms with Gasteiger partial charge in [-0.3, -0.25) is 14.3 Å². The largest absolute Gasteiger partial charge is 0.695 e. The van der Waals surface area contributed by atoms with Crippen LogP contribution in [0.5, 0.6) is 0 Å². The van der Waals surface area contributed by atoms with Crippen molar-refractivity contribution < 1.29 is 28.6 Å². The minimum atomic E-state index is -2.95. The highest BCUT2D eigenvalue weighted by molar-refractivity contribution is 7.32. The molecule has 3 N–H and O–H groups in total. The first-order valence-electron chi connectivity index (χ1n) is 6.31. The summed E-state index contributed by atoms with van der Waals surface area (Å²) in [5.74, 6) is -1.68. The molecule has 2 unspecified atom stereocenters. The molecule has 11 heteroatoms. The van der Waals surface area contributed by atoms with Crippen LogP contribution in [0.3, 0.4) is 0 Å². The molecule has 10 nitrogen and oxygen atoms in total. The summed E-state index contributed by atoms with van der Waals surface area (Å²) < 4.78 is 27.4. The maximum Gasteiger partial charge on any atom is 0.695 e. The lowest BCUT2D eigenvalue weighted by Crippen LogP contribution is -2.45. The normalized spacial score (nSPS) is 28.8. The molecule has 1 aliphatic heterocycles. The Bertz CT molecular complexity index is 679. The molecule has 0 saturated carbocycles. The number of aryl methyl sites for hydroxylation is 1. The van der Waals surface area contributed by atoms with Gasteiger partial charge in [-0.2, -0.15) is 0 Å². The van der Waals surface area contributed by atoms with E-state index < -0.39 is 44.2 Å². The number of nitrogens with zero attached hydrogens (tertiary/aromatic N) is 1. The van der Waals surface area contributed by atoms with Crippen molar-refractivity contribution in [3.05, 3.63) is 32.6 Å². The van der Waals surface area contributed by atoms with Gasteiger partial charge in [0.1, 0.15) is 12.8 Å². The van der Waals surface area contributed by atoms with Gasteiger partial charge in [-0.1, -0.05) is 0 Å². The van der Waals surface area contributed by atoms with Crippen LogP contribution in [0.2, 0.25) is 0 Å². The molecule has 1 aromatic rings. The van der Waals surface area contributed by atoms with Crippen molar-refractivity contribution in [3.8, 4) is 0 Å². The van der Waals surface area contributed by atoms with Crippen LogP contribution < -0.4 is 11.2 Å². The molecule has 0 radical (unpaired) electrons. The van der Waals surface area contributed by atoms with Crippen molar-refractivity contribution in [1.82, 2.24) is 9.55 Å². The maximum atomic E-state index is 11.9. The van der Waals surface area contributed by atoms with Crippen LogP contribution in [0.4, 0.5) is 0 Å². The zero-order valence-corrected chi connectivity index (χ0v) is 12.8. The number of hydrogen-bond donors (Lipinski definition) is 3. The van der Waals surface area contributed by atoms with Gasteiger partial charge >= 0.3 is 13.9 Å². The molecule has 22 heavy (non-hydrogen) atoms. The van der Waals surface area contributed by atoms with E-state index >= 15 is 0 Å². The topological polar surface area (TPSA) is 140 Å². The second-order valence-corrected chi connectivity index (χ2v) is 5.48. The number of aliphatic hydroxyl groups is 1. The van der Waals surface area contributed by atoms with Gasteiger partial charge < -0.3 is 14.6 Å². The molecule has 0 aliphatic carbocycles. The van der Waals surface area contributed by atoms with Crippen LogP contribution in [0.1, 0.15) is 18.2 Å². The minimum absolute atomic E-state index is 0.0264. The van der Waals surface area contributed by atoms with E-state index in [-0.39, 0.29) is 12.0 Å². The highest BCUT2D eigenvalue weighted by atomic mass is 31.1. The lowest BCUT2D eigenvalue weighted by Gasteiger charge is -2.27. The molecule has 1 aliphatic rings. The summed E-state index contributed by atoms with van der Waals surface area (Å²) in [6, 6.07) is 0. The van der Waals surface area contributed by atoms with Gasteiger partial charge in [0.15, 0.2) is 6.10 Å². The third-order valence-corrected chi connectivity index (χ3v) is 3.92. The molecule has 122 valence electrons. The number of aromatic nitrogens is 2. The average Bonchev–Trinajstić information content (AvgIpc) is 2.81. The van der Waals surface area contributed by atoms with Crippen molar-refractivity contribution in [2.45, 2.75) is 31.5 Å². The third kappa shape index (κ3) is 3.02. The van der Waals surface area contributed by atoms with Gasteiger partial charge in [0, 0.05) is 29.9 Å². The lowest BCUT2D eigenvalue weighted by molar-refractivity contribution is -0.266. The quantitative estimate of drug-likeness (QED) is 0.590. The Morgan fingerprint density at radius 1 is 1.59 bits per heavy atom. The predicted molar refractivity (Wildman–Crippen MR) is 72.3 cm³/mol. The Balaban J connectivity index is 2.39. The zero-order chi connectivity index (χ0) is 16.5. The van der Waals surface area contributed by atoms with Crippen LogP contribution >= 0.6 is 8.25 Å². The molecule has 2 rings (SSSR count). The van der Waals surface area contributed by atoms with Crippen molar-refractivity contribution >= 4 is 8.25 Å². The van der Waals surface area contributed by atoms with E-state index in [0.717, 1.165) is 4.57 Å². The number of aliphatic hydroxyl groups excluding tert-OH is 1. The molecular weight excluding hydrogens is 319 g/mol. The van der Waals surface area contributed by atoms with E-state index in [1.165, 1.54) is 20.2 Å².